The Bertz CT molecular complexity index is 302. The summed E-state index contributed by atoms with van der Waals surface area (Å²) >= 11 is 0. The zero-order valence-electron chi connectivity index (χ0n) is 7.95. The van der Waals surface area contributed by atoms with Crippen LogP contribution in [0.3, 0.4) is 0 Å². The van der Waals surface area contributed by atoms with Gasteiger partial charge in [0.25, 0.3) is 0 Å². The molecule has 4 heteroatoms. The van der Waals surface area contributed by atoms with E-state index in [1.807, 2.05) is 6.92 Å². The summed E-state index contributed by atoms with van der Waals surface area (Å²) in [6, 6.07) is 0. The number of nitrogens with zero attached hydrogens (tertiary/aromatic N) is 2. The standard InChI is InChI=1S/C9H14N2O2/c1-6-10-8(13-11-6)5-9(2,12)7-3-4-7/h7,12H,3-5H2,1-2H3. The molecule has 4 nitrogen and oxygen atoms in total. The lowest BCUT2D eigenvalue weighted by Gasteiger charge is -2.20. The summed E-state index contributed by atoms with van der Waals surface area (Å²) in [5.41, 5.74) is -0.668. The Morgan fingerprint density at radius 1 is 1.62 bits per heavy atom. The Morgan fingerprint density at radius 3 is 2.77 bits per heavy atom. The first-order chi connectivity index (χ1) is 6.08. The van der Waals surface area contributed by atoms with Gasteiger partial charge in [0.05, 0.1) is 12.0 Å². The van der Waals surface area contributed by atoms with Gasteiger partial charge < -0.3 is 9.63 Å². The Hall–Kier alpha value is -0.900. The number of rotatable bonds is 3. The zero-order valence-corrected chi connectivity index (χ0v) is 7.95. The maximum atomic E-state index is 9.99. The molecule has 1 N–H and O–H groups in total. The molecule has 0 aliphatic heterocycles. The second kappa shape index (κ2) is 2.80. The average molecular weight is 182 g/mol. The highest BCUT2D eigenvalue weighted by Crippen LogP contribution is 2.40. The van der Waals surface area contributed by atoms with Crippen molar-refractivity contribution in [1.82, 2.24) is 10.1 Å². The molecule has 0 aromatic carbocycles. The van der Waals surface area contributed by atoms with Crippen molar-refractivity contribution in [3.05, 3.63) is 11.7 Å². The molecule has 1 fully saturated rings. The topological polar surface area (TPSA) is 59.2 Å². The number of aliphatic hydroxyl groups is 1. The molecule has 1 saturated carbocycles. The highest BCUT2D eigenvalue weighted by Gasteiger charge is 2.41. The van der Waals surface area contributed by atoms with Crippen molar-refractivity contribution in [2.24, 2.45) is 5.92 Å². The van der Waals surface area contributed by atoms with E-state index in [1.54, 1.807) is 6.92 Å². The fourth-order valence-electron chi connectivity index (χ4n) is 1.57. The van der Waals surface area contributed by atoms with Crippen molar-refractivity contribution < 1.29 is 9.63 Å². The van der Waals surface area contributed by atoms with E-state index in [0.717, 1.165) is 12.8 Å². The van der Waals surface area contributed by atoms with Gasteiger partial charge in [-0.1, -0.05) is 5.16 Å². The van der Waals surface area contributed by atoms with Gasteiger partial charge in [0, 0.05) is 0 Å². The van der Waals surface area contributed by atoms with Crippen molar-refractivity contribution in [1.29, 1.82) is 0 Å². The minimum atomic E-state index is -0.668. The number of hydrogen-bond acceptors (Lipinski definition) is 4. The van der Waals surface area contributed by atoms with E-state index >= 15 is 0 Å². The van der Waals surface area contributed by atoms with E-state index in [2.05, 4.69) is 10.1 Å². The summed E-state index contributed by atoms with van der Waals surface area (Å²) in [5.74, 6) is 1.58. The predicted octanol–water partition coefficient (Wildman–Crippen LogP) is 1.08. The Labute approximate surface area is 77.0 Å². The van der Waals surface area contributed by atoms with Crippen molar-refractivity contribution in [3.8, 4) is 0 Å². The molecule has 1 aliphatic rings. The van der Waals surface area contributed by atoms with Crippen LogP contribution < -0.4 is 0 Å². The highest BCUT2D eigenvalue weighted by atomic mass is 16.5. The van der Waals surface area contributed by atoms with Gasteiger partial charge in [-0.3, -0.25) is 0 Å². The van der Waals surface area contributed by atoms with Gasteiger partial charge in [-0.2, -0.15) is 4.98 Å². The second-order valence-electron chi connectivity index (χ2n) is 4.04. The first kappa shape index (κ1) is 8.69. The molecule has 2 rings (SSSR count). The van der Waals surface area contributed by atoms with E-state index in [1.165, 1.54) is 0 Å². The highest BCUT2D eigenvalue weighted by molar-refractivity contribution is 4.98. The molecular weight excluding hydrogens is 168 g/mol. The van der Waals surface area contributed by atoms with E-state index in [0.29, 0.717) is 24.1 Å². The lowest BCUT2D eigenvalue weighted by atomic mass is 9.96. The fraction of sp³-hybridized carbons (Fsp3) is 0.778. The van der Waals surface area contributed by atoms with Crippen LogP contribution in [0.15, 0.2) is 4.52 Å². The molecule has 1 aromatic heterocycles. The molecule has 13 heavy (non-hydrogen) atoms. The Balaban J connectivity index is 2.04. The van der Waals surface area contributed by atoms with Crippen LogP contribution in [0, 0.1) is 12.8 Å². The normalized spacial score (nSPS) is 21.5. The van der Waals surface area contributed by atoms with Crippen LogP contribution in [-0.4, -0.2) is 20.8 Å². The second-order valence-corrected chi connectivity index (χ2v) is 4.04. The summed E-state index contributed by atoms with van der Waals surface area (Å²) in [6.07, 6.45) is 2.69. The van der Waals surface area contributed by atoms with Crippen LogP contribution in [0.2, 0.25) is 0 Å². The lowest BCUT2D eigenvalue weighted by Crippen LogP contribution is -2.29. The van der Waals surface area contributed by atoms with Crippen LogP contribution in [0.1, 0.15) is 31.5 Å². The van der Waals surface area contributed by atoms with E-state index in [9.17, 15) is 5.11 Å². The van der Waals surface area contributed by atoms with Crippen LogP contribution in [0.5, 0.6) is 0 Å². The third-order valence-corrected chi connectivity index (χ3v) is 2.54. The van der Waals surface area contributed by atoms with Crippen molar-refractivity contribution in [3.63, 3.8) is 0 Å². The third kappa shape index (κ3) is 1.88. The van der Waals surface area contributed by atoms with Crippen LogP contribution in [-0.2, 0) is 6.42 Å². The van der Waals surface area contributed by atoms with Gasteiger partial charge in [0.15, 0.2) is 5.82 Å². The van der Waals surface area contributed by atoms with Gasteiger partial charge in [0.2, 0.25) is 5.89 Å². The van der Waals surface area contributed by atoms with E-state index < -0.39 is 5.60 Å². The molecule has 0 spiro atoms. The van der Waals surface area contributed by atoms with Gasteiger partial charge in [-0.15, -0.1) is 0 Å². The Morgan fingerprint density at radius 2 is 2.31 bits per heavy atom. The maximum Gasteiger partial charge on any atom is 0.229 e. The average Bonchev–Trinajstić information content (AvgIpc) is 2.78. The van der Waals surface area contributed by atoms with Crippen molar-refractivity contribution in [2.75, 3.05) is 0 Å². The summed E-state index contributed by atoms with van der Waals surface area (Å²) in [4.78, 5) is 4.07. The zero-order chi connectivity index (χ0) is 9.47. The predicted molar refractivity (Wildman–Crippen MR) is 46.1 cm³/mol. The van der Waals surface area contributed by atoms with E-state index in [4.69, 9.17) is 4.52 Å². The third-order valence-electron chi connectivity index (χ3n) is 2.54. The summed E-state index contributed by atoms with van der Waals surface area (Å²) in [6.45, 7) is 3.61. The fourth-order valence-corrected chi connectivity index (χ4v) is 1.57. The van der Waals surface area contributed by atoms with Gasteiger partial charge >= 0.3 is 0 Å². The van der Waals surface area contributed by atoms with Crippen LogP contribution in [0.25, 0.3) is 0 Å². The Kier molecular flexibility index (Phi) is 1.87. The minimum Gasteiger partial charge on any atom is -0.389 e. The van der Waals surface area contributed by atoms with Gasteiger partial charge in [-0.25, -0.2) is 0 Å². The van der Waals surface area contributed by atoms with Crippen LogP contribution in [0.4, 0.5) is 0 Å². The molecule has 1 unspecified atom stereocenters. The number of hydrogen-bond donors (Lipinski definition) is 1. The molecule has 1 aliphatic carbocycles. The van der Waals surface area contributed by atoms with Crippen molar-refractivity contribution >= 4 is 0 Å². The summed E-state index contributed by atoms with van der Waals surface area (Å²) in [5, 5.41) is 13.7. The molecular formula is C9H14N2O2. The first-order valence-electron chi connectivity index (χ1n) is 4.59. The van der Waals surface area contributed by atoms with Gasteiger partial charge in [0.1, 0.15) is 0 Å². The van der Waals surface area contributed by atoms with Crippen LogP contribution >= 0.6 is 0 Å². The lowest BCUT2D eigenvalue weighted by molar-refractivity contribution is 0.0296. The summed E-state index contributed by atoms with van der Waals surface area (Å²) in [7, 11) is 0. The number of aryl methyl sites for hydroxylation is 1. The summed E-state index contributed by atoms with van der Waals surface area (Å²) < 4.78 is 4.96. The first-order valence-corrected chi connectivity index (χ1v) is 4.59. The molecule has 1 heterocycles. The number of aromatic nitrogens is 2. The molecule has 1 aromatic rings. The molecule has 1 atom stereocenters. The molecule has 0 saturated heterocycles. The maximum absolute atomic E-state index is 9.99. The molecule has 72 valence electrons. The van der Waals surface area contributed by atoms with Crippen molar-refractivity contribution in [2.45, 2.75) is 38.7 Å². The van der Waals surface area contributed by atoms with E-state index in [-0.39, 0.29) is 0 Å². The van der Waals surface area contributed by atoms with Gasteiger partial charge in [-0.05, 0) is 32.6 Å². The molecule has 0 bridgehead atoms. The minimum absolute atomic E-state index is 0.416. The quantitative estimate of drug-likeness (QED) is 0.760. The molecule has 0 amide bonds. The SMILES string of the molecule is Cc1noc(CC(C)(O)C2CC2)n1. The smallest absolute Gasteiger partial charge is 0.229 e. The monoisotopic (exact) mass is 182 g/mol. The largest absolute Gasteiger partial charge is 0.389 e. The molecule has 0 radical (unpaired) electrons.